The molecule has 0 bridgehead atoms. The monoisotopic (exact) mass is 472 g/mol. The van der Waals surface area contributed by atoms with E-state index in [0.29, 0.717) is 24.6 Å². The summed E-state index contributed by atoms with van der Waals surface area (Å²) in [6.45, 7) is 2.57. The maximum absolute atomic E-state index is 13.2. The second-order valence-corrected chi connectivity index (χ2v) is 8.56. The van der Waals surface area contributed by atoms with Crippen molar-refractivity contribution in [2.45, 2.75) is 19.4 Å². The number of nitrogens with zero attached hydrogens (tertiary/aromatic N) is 2. The molecule has 0 saturated carbocycles. The van der Waals surface area contributed by atoms with Crippen LogP contribution in [0, 0.1) is 6.92 Å². The Morgan fingerprint density at radius 1 is 1.15 bits per heavy atom. The average Bonchev–Trinajstić information content (AvgIpc) is 3.03. The summed E-state index contributed by atoms with van der Waals surface area (Å²) in [4.78, 5) is 29.6. The molecule has 3 rings (SSSR count). The van der Waals surface area contributed by atoms with E-state index < -0.39 is 17.7 Å². The van der Waals surface area contributed by atoms with Gasteiger partial charge in [-0.3, -0.25) is 9.59 Å². The van der Waals surface area contributed by atoms with E-state index in [1.54, 1.807) is 19.2 Å². The lowest BCUT2D eigenvalue weighted by molar-refractivity contribution is -0.140. The highest BCUT2D eigenvalue weighted by Crippen LogP contribution is 2.43. The first-order valence-corrected chi connectivity index (χ1v) is 11.0. The molecule has 2 aromatic carbocycles. The SMILES string of the molecule is COCCCN1C(=O)C(=O)/C(=C(/O)c2cc(C)cc(Cl)c2OC)C1c1ccc(N(C)C)cc1. The fraction of sp³-hybridized carbons (Fsp3) is 0.360. The van der Waals surface area contributed by atoms with Crippen molar-refractivity contribution in [3.63, 3.8) is 0 Å². The summed E-state index contributed by atoms with van der Waals surface area (Å²) in [5.74, 6) is -1.47. The number of likely N-dealkylation sites (tertiary alicyclic amines) is 1. The van der Waals surface area contributed by atoms with Crippen LogP contribution in [0.15, 0.2) is 42.0 Å². The van der Waals surface area contributed by atoms with Crippen LogP contribution in [0.4, 0.5) is 5.69 Å². The Morgan fingerprint density at radius 3 is 2.39 bits per heavy atom. The second kappa shape index (κ2) is 10.3. The van der Waals surface area contributed by atoms with E-state index in [4.69, 9.17) is 21.1 Å². The lowest BCUT2D eigenvalue weighted by Crippen LogP contribution is -2.31. The van der Waals surface area contributed by atoms with Crippen LogP contribution in [0.1, 0.15) is 29.2 Å². The van der Waals surface area contributed by atoms with Crippen LogP contribution in [0.5, 0.6) is 5.75 Å². The fourth-order valence-corrected chi connectivity index (χ4v) is 4.40. The van der Waals surface area contributed by atoms with Crippen molar-refractivity contribution in [1.82, 2.24) is 4.90 Å². The highest BCUT2D eigenvalue weighted by Gasteiger charge is 2.46. The second-order valence-electron chi connectivity index (χ2n) is 8.15. The molecular weight excluding hydrogens is 444 g/mol. The van der Waals surface area contributed by atoms with Crippen LogP contribution in [-0.2, 0) is 14.3 Å². The summed E-state index contributed by atoms with van der Waals surface area (Å²) in [7, 11) is 6.88. The van der Waals surface area contributed by atoms with Gasteiger partial charge in [0.2, 0.25) is 0 Å². The Kier molecular flexibility index (Phi) is 7.66. The highest BCUT2D eigenvalue weighted by molar-refractivity contribution is 6.46. The van der Waals surface area contributed by atoms with Gasteiger partial charge < -0.3 is 24.4 Å². The number of halogens is 1. The van der Waals surface area contributed by atoms with Gasteiger partial charge in [0.25, 0.3) is 11.7 Å². The Bertz CT molecular complexity index is 1080. The predicted octanol–water partition coefficient (Wildman–Crippen LogP) is 4.18. The number of rotatable bonds is 8. The molecule has 8 heteroatoms. The lowest BCUT2D eigenvalue weighted by Gasteiger charge is -2.26. The number of carbonyl (C=O) groups is 2. The molecule has 1 atom stereocenters. The fourth-order valence-electron chi connectivity index (χ4n) is 4.05. The number of aryl methyl sites for hydroxylation is 1. The molecular formula is C25H29ClN2O5. The Balaban J connectivity index is 2.20. The summed E-state index contributed by atoms with van der Waals surface area (Å²) >= 11 is 6.32. The zero-order valence-corrected chi connectivity index (χ0v) is 20.3. The van der Waals surface area contributed by atoms with Crippen molar-refractivity contribution in [3.8, 4) is 5.75 Å². The number of aliphatic hydroxyl groups excluding tert-OH is 1. The molecule has 1 saturated heterocycles. The molecule has 2 aromatic rings. The van der Waals surface area contributed by atoms with Crippen LogP contribution >= 0.6 is 11.6 Å². The summed E-state index contributed by atoms with van der Waals surface area (Å²) in [5.41, 5.74) is 2.75. The van der Waals surface area contributed by atoms with Crippen LogP contribution < -0.4 is 9.64 Å². The number of carbonyl (C=O) groups excluding carboxylic acids is 2. The molecule has 33 heavy (non-hydrogen) atoms. The third kappa shape index (κ3) is 4.84. The molecule has 176 valence electrons. The highest BCUT2D eigenvalue weighted by atomic mass is 35.5. The number of hydrogen-bond donors (Lipinski definition) is 1. The summed E-state index contributed by atoms with van der Waals surface area (Å²) in [6, 6.07) is 10.2. The maximum Gasteiger partial charge on any atom is 0.295 e. The van der Waals surface area contributed by atoms with E-state index in [0.717, 1.165) is 16.8 Å². The Hall–Kier alpha value is -3.03. The van der Waals surface area contributed by atoms with Gasteiger partial charge in [0.1, 0.15) is 11.5 Å². The lowest BCUT2D eigenvalue weighted by atomic mass is 9.94. The number of anilines is 1. The van der Waals surface area contributed by atoms with Gasteiger partial charge in [-0.25, -0.2) is 0 Å². The van der Waals surface area contributed by atoms with Crippen LogP contribution in [0.25, 0.3) is 5.76 Å². The van der Waals surface area contributed by atoms with Crippen LogP contribution in [-0.4, -0.2) is 63.2 Å². The first kappa shape index (κ1) is 24.6. The van der Waals surface area contributed by atoms with E-state index in [-0.39, 0.29) is 22.6 Å². The van der Waals surface area contributed by atoms with Gasteiger partial charge in [0.05, 0.1) is 29.3 Å². The first-order chi connectivity index (χ1) is 15.7. The smallest absolute Gasteiger partial charge is 0.295 e. The molecule has 0 spiro atoms. The van der Waals surface area contributed by atoms with Gasteiger partial charge in [0, 0.05) is 40.0 Å². The molecule has 1 aliphatic rings. The molecule has 7 nitrogen and oxygen atoms in total. The minimum atomic E-state index is -0.748. The van der Waals surface area contributed by atoms with Gasteiger partial charge >= 0.3 is 0 Å². The molecule has 1 unspecified atom stereocenters. The third-order valence-corrected chi connectivity index (χ3v) is 5.94. The van der Waals surface area contributed by atoms with E-state index in [9.17, 15) is 14.7 Å². The van der Waals surface area contributed by atoms with Crippen LogP contribution in [0.2, 0.25) is 5.02 Å². The first-order valence-electron chi connectivity index (χ1n) is 10.6. The summed E-state index contributed by atoms with van der Waals surface area (Å²) in [5, 5.41) is 11.6. The predicted molar refractivity (Wildman–Crippen MR) is 129 cm³/mol. The number of Topliss-reactive ketones (excluding diaryl/α,β-unsaturated/α-hetero) is 1. The Labute approximate surface area is 199 Å². The number of benzene rings is 2. The minimum absolute atomic E-state index is 0.00925. The number of hydrogen-bond acceptors (Lipinski definition) is 6. The summed E-state index contributed by atoms with van der Waals surface area (Å²) in [6.07, 6.45) is 0.551. The number of methoxy groups -OCH3 is 2. The molecule has 1 N–H and O–H groups in total. The minimum Gasteiger partial charge on any atom is -0.507 e. The van der Waals surface area contributed by atoms with Crippen molar-refractivity contribution in [2.24, 2.45) is 0 Å². The topological polar surface area (TPSA) is 79.3 Å². The normalized spacial score (nSPS) is 17.5. The molecule has 1 aliphatic heterocycles. The van der Waals surface area contributed by atoms with Crippen molar-refractivity contribution < 1.29 is 24.2 Å². The quantitative estimate of drug-likeness (QED) is 0.269. The average molecular weight is 473 g/mol. The number of aliphatic hydroxyl groups is 1. The zero-order chi connectivity index (χ0) is 24.3. The maximum atomic E-state index is 13.2. The third-order valence-electron chi connectivity index (χ3n) is 5.66. The molecule has 0 radical (unpaired) electrons. The molecule has 0 aliphatic carbocycles. The summed E-state index contributed by atoms with van der Waals surface area (Å²) < 4.78 is 10.5. The van der Waals surface area contributed by atoms with E-state index in [1.807, 2.05) is 50.2 Å². The van der Waals surface area contributed by atoms with Gasteiger partial charge in [-0.2, -0.15) is 0 Å². The van der Waals surface area contributed by atoms with E-state index in [2.05, 4.69) is 0 Å². The zero-order valence-electron chi connectivity index (χ0n) is 19.5. The van der Waals surface area contributed by atoms with Crippen molar-refractivity contribution in [2.75, 3.05) is 46.4 Å². The number of ketones is 1. The standard InChI is InChI=1S/C25H29ClN2O5/c1-15-13-18(24(33-5)19(26)14-15)22(29)20-21(16-7-9-17(10-8-16)27(2)3)28(11-6-12-32-4)25(31)23(20)30/h7-10,13-14,21,29H,6,11-12H2,1-5H3/b22-20+. The molecule has 1 heterocycles. The molecule has 1 amide bonds. The van der Waals surface area contributed by atoms with Gasteiger partial charge in [-0.1, -0.05) is 23.7 Å². The van der Waals surface area contributed by atoms with Crippen molar-refractivity contribution >= 4 is 34.7 Å². The van der Waals surface area contributed by atoms with Crippen LogP contribution in [0.3, 0.4) is 0 Å². The molecule has 0 aromatic heterocycles. The van der Waals surface area contributed by atoms with Crippen molar-refractivity contribution in [1.29, 1.82) is 0 Å². The number of ether oxygens (including phenoxy) is 2. The Morgan fingerprint density at radius 2 is 1.82 bits per heavy atom. The van der Waals surface area contributed by atoms with E-state index in [1.165, 1.54) is 12.0 Å². The van der Waals surface area contributed by atoms with Gasteiger partial charge in [0.15, 0.2) is 0 Å². The van der Waals surface area contributed by atoms with Crippen molar-refractivity contribution in [3.05, 3.63) is 63.7 Å². The molecule has 1 fully saturated rings. The largest absolute Gasteiger partial charge is 0.507 e. The van der Waals surface area contributed by atoms with E-state index >= 15 is 0 Å². The van der Waals surface area contributed by atoms with Gasteiger partial charge in [-0.15, -0.1) is 0 Å². The van der Waals surface area contributed by atoms with Gasteiger partial charge in [-0.05, 0) is 48.7 Å². The number of amides is 1.